The molecule has 8 heteroatoms. The van der Waals surface area contributed by atoms with Crippen LogP contribution in [0.1, 0.15) is 11.3 Å². The SMILES string of the molecule is Cc1ccc2nc(-c3ccc(NC(=O)CSc4nc(C)cc(=O)[nH]4)cc3)sc2c1. The van der Waals surface area contributed by atoms with Crippen molar-refractivity contribution in [3.05, 3.63) is 70.1 Å². The molecule has 4 aromatic rings. The molecule has 0 unspecified atom stereocenters. The molecule has 2 aromatic carbocycles. The maximum atomic E-state index is 12.2. The molecule has 2 heterocycles. The van der Waals surface area contributed by atoms with Crippen LogP contribution >= 0.6 is 23.1 Å². The van der Waals surface area contributed by atoms with Crippen LogP contribution in [0.5, 0.6) is 0 Å². The molecule has 0 aliphatic heterocycles. The number of fused-ring (bicyclic) bond motifs is 1. The minimum atomic E-state index is -0.221. The first-order valence-corrected chi connectivity index (χ1v) is 10.7. The van der Waals surface area contributed by atoms with Crippen LogP contribution in [0.25, 0.3) is 20.8 Å². The van der Waals surface area contributed by atoms with Crippen molar-refractivity contribution < 1.29 is 4.79 Å². The van der Waals surface area contributed by atoms with Crippen LogP contribution in [0.15, 0.2) is 58.5 Å². The highest BCUT2D eigenvalue weighted by Crippen LogP contribution is 2.31. The zero-order valence-electron chi connectivity index (χ0n) is 15.9. The number of nitrogens with zero attached hydrogens (tertiary/aromatic N) is 2. The van der Waals surface area contributed by atoms with Crippen molar-refractivity contribution in [3.8, 4) is 10.6 Å². The number of carbonyl (C=O) groups excluding carboxylic acids is 1. The van der Waals surface area contributed by atoms with Crippen LogP contribution < -0.4 is 10.9 Å². The lowest BCUT2D eigenvalue weighted by molar-refractivity contribution is -0.113. The molecule has 146 valence electrons. The number of amides is 1. The average molecular weight is 423 g/mol. The number of rotatable bonds is 5. The van der Waals surface area contributed by atoms with Gasteiger partial charge in [0, 0.05) is 23.0 Å². The highest BCUT2D eigenvalue weighted by Gasteiger charge is 2.09. The molecule has 6 nitrogen and oxygen atoms in total. The monoisotopic (exact) mass is 422 g/mol. The van der Waals surface area contributed by atoms with Gasteiger partial charge in [-0.15, -0.1) is 11.3 Å². The minimum Gasteiger partial charge on any atom is -0.325 e. The molecule has 0 radical (unpaired) electrons. The van der Waals surface area contributed by atoms with Gasteiger partial charge in [-0.3, -0.25) is 9.59 Å². The lowest BCUT2D eigenvalue weighted by Gasteiger charge is -2.06. The second-order valence-corrected chi connectivity index (χ2v) is 8.59. The fourth-order valence-electron chi connectivity index (χ4n) is 2.80. The van der Waals surface area contributed by atoms with Gasteiger partial charge < -0.3 is 10.3 Å². The van der Waals surface area contributed by atoms with E-state index in [1.807, 2.05) is 30.3 Å². The number of aromatic nitrogens is 3. The van der Waals surface area contributed by atoms with Crippen LogP contribution in [0, 0.1) is 13.8 Å². The van der Waals surface area contributed by atoms with E-state index < -0.39 is 0 Å². The first kappa shape index (κ1) is 19.4. The van der Waals surface area contributed by atoms with Gasteiger partial charge in [0.1, 0.15) is 5.01 Å². The molecule has 0 aliphatic carbocycles. The van der Waals surface area contributed by atoms with Crippen molar-refractivity contribution in [1.29, 1.82) is 0 Å². The second kappa shape index (κ2) is 8.18. The van der Waals surface area contributed by atoms with Gasteiger partial charge in [-0.1, -0.05) is 17.8 Å². The smallest absolute Gasteiger partial charge is 0.251 e. The third kappa shape index (κ3) is 4.72. The van der Waals surface area contributed by atoms with E-state index in [0.29, 0.717) is 16.5 Å². The number of carbonyl (C=O) groups is 1. The van der Waals surface area contributed by atoms with Crippen molar-refractivity contribution in [2.75, 3.05) is 11.1 Å². The number of thiazole rings is 1. The molecule has 29 heavy (non-hydrogen) atoms. The van der Waals surface area contributed by atoms with Crippen LogP contribution in [0.2, 0.25) is 0 Å². The Morgan fingerprint density at radius 3 is 2.66 bits per heavy atom. The molecule has 0 bridgehead atoms. The number of benzene rings is 2. The summed E-state index contributed by atoms with van der Waals surface area (Å²) in [5.41, 5.74) is 4.33. The molecule has 2 aromatic heterocycles. The Balaban J connectivity index is 1.40. The molecule has 2 N–H and O–H groups in total. The highest BCUT2D eigenvalue weighted by atomic mass is 32.2. The zero-order valence-corrected chi connectivity index (χ0v) is 17.5. The van der Waals surface area contributed by atoms with E-state index in [-0.39, 0.29) is 17.2 Å². The van der Waals surface area contributed by atoms with E-state index in [2.05, 4.69) is 39.3 Å². The standard InChI is InChI=1S/C21H18N4O2S2/c1-12-3-8-16-17(9-12)29-20(24-16)14-4-6-15(7-5-14)23-19(27)11-28-21-22-13(2)10-18(26)25-21/h3-10H,11H2,1-2H3,(H,23,27)(H,22,25,26). The Morgan fingerprint density at radius 1 is 1.10 bits per heavy atom. The number of thioether (sulfide) groups is 1. The fourth-order valence-corrected chi connectivity index (χ4v) is 4.59. The minimum absolute atomic E-state index is 0.158. The maximum absolute atomic E-state index is 12.2. The molecular weight excluding hydrogens is 404 g/mol. The van der Waals surface area contributed by atoms with Crippen molar-refractivity contribution in [2.24, 2.45) is 0 Å². The summed E-state index contributed by atoms with van der Waals surface area (Å²) < 4.78 is 1.16. The Labute approximate surface area is 175 Å². The number of hydrogen-bond acceptors (Lipinski definition) is 6. The van der Waals surface area contributed by atoms with Crippen LogP contribution in [0.3, 0.4) is 0 Å². The lowest BCUT2D eigenvalue weighted by Crippen LogP contribution is -2.15. The van der Waals surface area contributed by atoms with E-state index in [4.69, 9.17) is 0 Å². The molecule has 4 rings (SSSR count). The zero-order chi connectivity index (χ0) is 20.4. The largest absolute Gasteiger partial charge is 0.325 e. The van der Waals surface area contributed by atoms with E-state index in [0.717, 1.165) is 20.8 Å². The molecule has 0 saturated heterocycles. The number of anilines is 1. The van der Waals surface area contributed by atoms with E-state index in [1.54, 1.807) is 18.3 Å². The summed E-state index contributed by atoms with van der Waals surface area (Å²) in [5.74, 6) is -0.00637. The van der Waals surface area contributed by atoms with Gasteiger partial charge in [0.2, 0.25) is 5.91 Å². The first-order chi connectivity index (χ1) is 14.0. The van der Waals surface area contributed by atoms with Gasteiger partial charge in [0.25, 0.3) is 5.56 Å². The van der Waals surface area contributed by atoms with Crippen LogP contribution in [-0.2, 0) is 4.79 Å². The number of H-pyrrole nitrogens is 1. The van der Waals surface area contributed by atoms with Crippen molar-refractivity contribution >= 4 is 44.9 Å². The Kier molecular flexibility index (Phi) is 5.46. The summed E-state index contributed by atoms with van der Waals surface area (Å²) in [4.78, 5) is 35.2. The third-order valence-corrected chi connectivity index (χ3v) is 6.09. The number of nitrogens with one attached hydrogen (secondary N) is 2. The van der Waals surface area contributed by atoms with E-state index in [9.17, 15) is 9.59 Å². The average Bonchev–Trinajstić information content (AvgIpc) is 3.09. The lowest BCUT2D eigenvalue weighted by atomic mass is 10.2. The van der Waals surface area contributed by atoms with E-state index >= 15 is 0 Å². The Morgan fingerprint density at radius 2 is 1.90 bits per heavy atom. The number of hydrogen-bond donors (Lipinski definition) is 2. The van der Waals surface area contributed by atoms with Gasteiger partial charge in [-0.25, -0.2) is 9.97 Å². The van der Waals surface area contributed by atoms with Crippen molar-refractivity contribution in [1.82, 2.24) is 15.0 Å². The second-order valence-electron chi connectivity index (χ2n) is 6.60. The Bertz CT molecular complexity index is 1250. The summed E-state index contributed by atoms with van der Waals surface area (Å²) in [6.45, 7) is 3.81. The molecule has 0 fully saturated rings. The van der Waals surface area contributed by atoms with Crippen molar-refractivity contribution in [3.63, 3.8) is 0 Å². The molecular formula is C21H18N4O2S2. The van der Waals surface area contributed by atoms with Crippen LogP contribution in [-0.4, -0.2) is 26.6 Å². The summed E-state index contributed by atoms with van der Waals surface area (Å²) in [7, 11) is 0. The highest BCUT2D eigenvalue weighted by molar-refractivity contribution is 7.99. The predicted molar refractivity (Wildman–Crippen MR) is 119 cm³/mol. The fraction of sp³-hybridized carbons (Fsp3) is 0.143. The molecule has 0 aliphatic rings. The van der Waals surface area contributed by atoms with Gasteiger partial charge in [-0.05, 0) is 55.8 Å². The Hall–Kier alpha value is -2.97. The normalized spacial score (nSPS) is 11.0. The van der Waals surface area contributed by atoms with Crippen molar-refractivity contribution in [2.45, 2.75) is 19.0 Å². The summed E-state index contributed by atoms with van der Waals surface area (Å²) in [5, 5.41) is 4.25. The summed E-state index contributed by atoms with van der Waals surface area (Å²) >= 11 is 2.85. The molecule has 0 saturated carbocycles. The molecule has 0 spiro atoms. The van der Waals surface area contributed by atoms with Gasteiger partial charge in [-0.2, -0.15) is 0 Å². The summed E-state index contributed by atoms with van der Waals surface area (Å²) in [6.07, 6.45) is 0. The van der Waals surface area contributed by atoms with E-state index in [1.165, 1.54) is 23.4 Å². The third-order valence-electron chi connectivity index (χ3n) is 4.15. The van der Waals surface area contributed by atoms with Gasteiger partial charge in [0.05, 0.1) is 16.0 Å². The first-order valence-electron chi connectivity index (χ1n) is 8.94. The quantitative estimate of drug-likeness (QED) is 0.368. The van der Waals surface area contributed by atoms with Gasteiger partial charge in [0.15, 0.2) is 5.16 Å². The predicted octanol–water partition coefficient (Wildman–Crippen LogP) is 4.39. The molecule has 1 amide bonds. The van der Waals surface area contributed by atoms with Gasteiger partial charge >= 0.3 is 0 Å². The molecule has 0 atom stereocenters. The maximum Gasteiger partial charge on any atom is 0.251 e. The topological polar surface area (TPSA) is 87.7 Å². The van der Waals surface area contributed by atoms with Crippen LogP contribution in [0.4, 0.5) is 5.69 Å². The number of aromatic amines is 1. The summed E-state index contributed by atoms with van der Waals surface area (Å²) in [6, 6.07) is 15.3. The number of aryl methyl sites for hydroxylation is 2.